The molecule has 1 aromatic heterocycles. The van der Waals surface area contributed by atoms with E-state index in [-0.39, 0.29) is 0 Å². The van der Waals surface area contributed by atoms with Crippen LogP contribution in [0.1, 0.15) is 32.1 Å². The van der Waals surface area contributed by atoms with Crippen molar-refractivity contribution >= 4 is 21.7 Å². The third-order valence-electron chi connectivity index (χ3n) is 3.19. The van der Waals surface area contributed by atoms with Gasteiger partial charge < -0.3 is 4.90 Å². The van der Waals surface area contributed by atoms with Crippen LogP contribution in [0.3, 0.4) is 0 Å². The van der Waals surface area contributed by atoms with Crippen LogP contribution in [-0.2, 0) is 0 Å². The summed E-state index contributed by atoms with van der Waals surface area (Å²) in [5.41, 5.74) is 0. The normalized spacial score (nSPS) is 17.3. The molecule has 0 amide bonds. The molecular weight excluding hydrogens is 266 g/mol. The lowest BCUT2D eigenvalue weighted by Crippen LogP contribution is -2.38. The molecule has 0 bridgehead atoms. The van der Waals surface area contributed by atoms with Crippen molar-refractivity contribution in [1.29, 1.82) is 0 Å². The maximum atomic E-state index is 4.23. The van der Waals surface area contributed by atoms with Crippen LogP contribution in [0.4, 0.5) is 5.82 Å². The number of nitrogens with zero attached hydrogens (tertiary/aromatic N) is 3. The van der Waals surface area contributed by atoms with Crippen molar-refractivity contribution in [3.8, 4) is 0 Å². The Morgan fingerprint density at radius 2 is 2.12 bits per heavy atom. The number of hydrogen-bond acceptors (Lipinski definition) is 3. The van der Waals surface area contributed by atoms with Gasteiger partial charge >= 0.3 is 0 Å². The second-order valence-electron chi connectivity index (χ2n) is 4.26. The van der Waals surface area contributed by atoms with Gasteiger partial charge in [0, 0.05) is 24.1 Å². The highest BCUT2D eigenvalue weighted by Crippen LogP contribution is 2.25. The smallest absolute Gasteiger partial charge is 0.151 e. The summed E-state index contributed by atoms with van der Waals surface area (Å²) in [6, 6.07) is 4.68. The molecule has 0 N–H and O–H groups in total. The highest BCUT2D eigenvalue weighted by atomic mass is 79.9. The maximum absolute atomic E-state index is 4.23. The van der Waals surface area contributed by atoms with Gasteiger partial charge in [0.25, 0.3) is 0 Å². The predicted molar refractivity (Wildman–Crippen MR) is 70.0 cm³/mol. The van der Waals surface area contributed by atoms with Gasteiger partial charge in [0.05, 0.1) is 0 Å². The van der Waals surface area contributed by atoms with E-state index in [1.165, 1.54) is 32.1 Å². The van der Waals surface area contributed by atoms with Gasteiger partial charge in [0.1, 0.15) is 0 Å². The predicted octanol–water partition coefficient (Wildman–Crippen LogP) is 3.01. The molecule has 0 saturated heterocycles. The average Bonchev–Trinajstić information content (AvgIpc) is 2.38. The van der Waals surface area contributed by atoms with E-state index in [0.29, 0.717) is 6.04 Å². The third-order valence-corrected chi connectivity index (χ3v) is 3.55. The van der Waals surface area contributed by atoms with Crippen molar-refractivity contribution in [2.24, 2.45) is 0 Å². The molecular formula is C12H18BrN3. The van der Waals surface area contributed by atoms with Gasteiger partial charge in [-0.2, -0.15) is 5.10 Å². The van der Waals surface area contributed by atoms with Crippen molar-refractivity contribution in [2.45, 2.75) is 38.1 Å². The van der Waals surface area contributed by atoms with Crippen LogP contribution >= 0.6 is 15.9 Å². The fourth-order valence-corrected chi connectivity index (χ4v) is 2.80. The molecule has 3 nitrogen and oxygen atoms in total. The summed E-state index contributed by atoms with van der Waals surface area (Å²) in [6.45, 7) is 1.02. The van der Waals surface area contributed by atoms with Crippen LogP contribution in [0.25, 0.3) is 0 Å². The minimum Gasteiger partial charge on any atom is -0.351 e. The van der Waals surface area contributed by atoms with Crippen LogP contribution in [0.15, 0.2) is 18.3 Å². The van der Waals surface area contributed by atoms with Crippen molar-refractivity contribution in [1.82, 2.24) is 10.2 Å². The van der Waals surface area contributed by atoms with E-state index >= 15 is 0 Å². The Labute approximate surface area is 105 Å². The molecule has 88 valence electrons. The molecule has 1 saturated carbocycles. The van der Waals surface area contributed by atoms with E-state index in [4.69, 9.17) is 0 Å². The Morgan fingerprint density at radius 3 is 2.75 bits per heavy atom. The van der Waals surface area contributed by atoms with Gasteiger partial charge in [-0.1, -0.05) is 35.2 Å². The van der Waals surface area contributed by atoms with E-state index < -0.39 is 0 Å². The van der Waals surface area contributed by atoms with Gasteiger partial charge in [-0.05, 0) is 25.0 Å². The van der Waals surface area contributed by atoms with Crippen LogP contribution in [0.5, 0.6) is 0 Å². The molecule has 1 fully saturated rings. The molecule has 0 unspecified atom stereocenters. The summed E-state index contributed by atoms with van der Waals surface area (Å²) in [5.74, 6) is 1.02. The standard InChI is InChI=1S/C12H18BrN3/c13-8-10-16(11-5-2-1-3-6-11)12-7-4-9-14-15-12/h4,7,9,11H,1-3,5-6,8,10H2. The molecule has 0 aromatic carbocycles. The van der Waals surface area contributed by atoms with Gasteiger partial charge in [0.15, 0.2) is 5.82 Å². The van der Waals surface area contributed by atoms with E-state index in [2.05, 4.69) is 37.1 Å². The average molecular weight is 284 g/mol. The summed E-state index contributed by atoms with van der Waals surface area (Å²) < 4.78 is 0. The van der Waals surface area contributed by atoms with Crippen LogP contribution in [0.2, 0.25) is 0 Å². The molecule has 16 heavy (non-hydrogen) atoms. The van der Waals surface area contributed by atoms with E-state index in [1.54, 1.807) is 6.20 Å². The Bertz CT molecular complexity index is 298. The maximum Gasteiger partial charge on any atom is 0.151 e. The Morgan fingerprint density at radius 1 is 1.31 bits per heavy atom. The summed E-state index contributed by atoms with van der Waals surface area (Å²) in [5, 5.41) is 9.19. The summed E-state index contributed by atoms with van der Waals surface area (Å²) in [6.07, 6.45) is 8.41. The number of rotatable bonds is 4. The Kier molecular flexibility index (Phi) is 4.57. The van der Waals surface area contributed by atoms with E-state index in [0.717, 1.165) is 17.7 Å². The largest absolute Gasteiger partial charge is 0.351 e. The molecule has 1 heterocycles. The fraction of sp³-hybridized carbons (Fsp3) is 0.667. The second kappa shape index (κ2) is 6.18. The zero-order valence-electron chi connectivity index (χ0n) is 9.48. The number of aromatic nitrogens is 2. The summed E-state index contributed by atoms with van der Waals surface area (Å²) in [4.78, 5) is 2.40. The number of hydrogen-bond donors (Lipinski definition) is 0. The molecule has 0 radical (unpaired) electrons. The van der Waals surface area contributed by atoms with Gasteiger partial charge in [0.2, 0.25) is 0 Å². The van der Waals surface area contributed by atoms with Crippen LogP contribution in [0, 0.1) is 0 Å². The summed E-state index contributed by atoms with van der Waals surface area (Å²) >= 11 is 3.52. The minimum absolute atomic E-state index is 0.656. The summed E-state index contributed by atoms with van der Waals surface area (Å²) in [7, 11) is 0. The van der Waals surface area contributed by atoms with Crippen LogP contribution in [-0.4, -0.2) is 28.1 Å². The van der Waals surface area contributed by atoms with Crippen molar-refractivity contribution in [3.05, 3.63) is 18.3 Å². The first-order valence-electron chi connectivity index (χ1n) is 6.02. The lowest BCUT2D eigenvalue weighted by atomic mass is 9.94. The first kappa shape index (κ1) is 11.8. The second-order valence-corrected chi connectivity index (χ2v) is 5.05. The molecule has 0 aliphatic heterocycles. The first-order chi connectivity index (χ1) is 7.92. The Hall–Kier alpha value is -0.640. The third kappa shape index (κ3) is 2.94. The molecule has 1 aliphatic rings. The molecule has 1 aromatic rings. The van der Waals surface area contributed by atoms with Gasteiger partial charge in [-0.3, -0.25) is 0 Å². The molecule has 0 spiro atoms. The minimum atomic E-state index is 0.656. The Balaban J connectivity index is 2.09. The van der Waals surface area contributed by atoms with Crippen LogP contribution < -0.4 is 4.90 Å². The topological polar surface area (TPSA) is 29.0 Å². The van der Waals surface area contributed by atoms with E-state index in [9.17, 15) is 0 Å². The molecule has 1 aliphatic carbocycles. The van der Waals surface area contributed by atoms with Gasteiger partial charge in [-0.25, -0.2) is 0 Å². The first-order valence-corrected chi connectivity index (χ1v) is 7.14. The number of anilines is 1. The van der Waals surface area contributed by atoms with Crippen molar-refractivity contribution in [2.75, 3.05) is 16.8 Å². The zero-order chi connectivity index (χ0) is 11.2. The quantitative estimate of drug-likeness (QED) is 0.796. The lowest BCUT2D eigenvalue weighted by molar-refractivity contribution is 0.416. The van der Waals surface area contributed by atoms with Crippen molar-refractivity contribution < 1.29 is 0 Å². The lowest BCUT2D eigenvalue weighted by Gasteiger charge is -2.34. The number of halogens is 1. The number of alkyl halides is 1. The van der Waals surface area contributed by atoms with Crippen molar-refractivity contribution in [3.63, 3.8) is 0 Å². The molecule has 0 atom stereocenters. The SMILES string of the molecule is BrCCN(c1cccnn1)C1CCCCC1. The highest BCUT2D eigenvalue weighted by Gasteiger charge is 2.21. The van der Waals surface area contributed by atoms with E-state index in [1.807, 2.05) is 6.07 Å². The van der Waals surface area contributed by atoms with Gasteiger partial charge in [-0.15, -0.1) is 5.10 Å². The zero-order valence-corrected chi connectivity index (χ0v) is 11.1. The molecule has 2 rings (SSSR count). The monoisotopic (exact) mass is 283 g/mol. The molecule has 4 heteroatoms. The fourth-order valence-electron chi connectivity index (χ4n) is 2.41. The highest BCUT2D eigenvalue weighted by molar-refractivity contribution is 9.09.